The lowest BCUT2D eigenvalue weighted by molar-refractivity contribution is -0.137. The fraction of sp³-hybridized carbons (Fsp3) is 0.556. The molecule has 0 saturated carbocycles. The van der Waals surface area contributed by atoms with Gasteiger partial charge in [-0.1, -0.05) is 18.2 Å². The Labute approximate surface area is 143 Å². The Morgan fingerprint density at radius 1 is 1.17 bits per heavy atom. The van der Waals surface area contributed by atoms with Gasteiger partial charge >= 0.3 is 6.09 Å². The van der Waals surface area contributed by atoms with Gasteiger partial charge in [0.2, 0.25) is 5.91 Å². The van der Waals surface area contributed by atoms with Crippen molar-refractivity contribution in [3.63, 3.8) is 0 Å². The van der Waals surface area contributed by atoms with Gasteiger partial charge in [0.1, 0.15) is 23.5 Å². The maximum atomic E-state index is 12.9. The highest BCUT2D eigenvalue weighted by atomic mass is 16.6. The molecule has 0 spiro atoms. The number of hydrogen-bond donors (Lipinski definition) is 1. The highest BCUT2D eigenvalue weighted by molar-refractivity contribution is 5.89. The number of amides is 2. The molecule has 0 fully saturated rings. The molecule has 2 amide bonds. The highest BCUT2D eigenvalue weighted by Crippen LogP contribution is 2.24. The third-order valence-corrected chi connectivity index (χ3v) is 3.59. The zero-order valence-corrected chi connectivity index (χ0v) is 15.0. The second-order valence-corrected chi connectivity index (χ2v) is 7.43. The van der Waals surface area contributed by atoms with Crippen molar-refractivity contribution in [3.8, 4) is 5.75 Å². The van der Waals surface area contributed by atoms with Gasteiger partial charge in [-0.05, 0) is 40.7 Å². The monoisotopic (exact) mass is 334 g/mol. The van der Waals surface area contributed by atoms with Crippen LogP contribution in [0.25, 0.3) is 0 Å². The first-order valence-electron chi connectivity index (χ1n) is 8.10. The number of alkyl carbamates (subject to hydrolysis) is 1. The Morgan fingerprint density at radius 3 is 2.50 bits per heavy atom. The molecule has 1 aromatic carbocycles. The van der Waals surface area contributed by atoms with E-state index in [2.05, 4.69) is 5.32 Å². The lowest BCUT2D eigenvalue weighted by atomic mass is 10.0. The fourth-order valence-electron chi connectivity index (χ4n) is 2.51. The Morgan fingerprint density at radius 2 is 1.83 bits per heavy atom. The molecule has 24 heavy (non-hydrogen) atoms. The first-order chi connectivity index (χ1) is 11.1. The van der Waals surface area contributed by atoms with E-state index in [4.69, 9.17) is 9.47 Å². The summed E-state index contributed by atoms with van der Waals surface area (Å²) < 4.78 is 10.9. The van der Waals surface area contributed by atoms with Gasteiger partial charge in [0.25, 0.3) is 0 Å². The van der Waals surface area contributed by atoms with Crippen molar-refractivity contribution < 1.29 is 19.1 Å². The highest BCUT2D eigenvalue weighted by Gasteiger charge is 2.35. The Balaban J connectivity index is 2.08. The molecule has 1 aliphatic heterocycles. The standard InChI is InChI=1S/C18H26N2O4/c1-17(2,3)24-16(22)19-18(4,5)15(21)20-10-11-23-14-9-7-6-8-13(14)12-20/h6-9H,10-12H2,1-5H3,(H,19,22). The smallest absolute Gasteiger partial charge is 0.408 e. The molecule has 0 saturated heterocycles. The predicted octanol–water partition coefficient (Wildman–Crippen LogP) is 2.71. The minimum absolute atomic E-state index is 0.173. The van der Waals surface area contributed by atoms with Gasteiger partial charge in [-0.2, -0.15) is 0 Å². The van der Waals surface area contributed by atoms with E-state index in [1.807, 2.05) is 24.3 Å². The summed E-state index contributed by atoms with van der Waals surface area (Å²) in [5.74, 6) is 0.624. The molecule has 1 aromatic rings. The summed E-state index contributed by atoms with van der Waals surface area (Å²) in [5.41, 5.74) is -0.725. The average molecular weight is 334 g/mol. The van der Waals surface area contributed by atoms with Crippen molar-refractivity contribution in [2.75, 3.05) is 13.2 Å². The Kier molecular flexibility index (Phi) is 5.06. The van der Waals surface area contributed by atoms with Crippen LogP contribution in [0, 0.1) is 0 Å². The average Bonchev–Trinajstić information content (AvgIpc) is 2.65. The molecule has 0 aliphatic carbocycles. The third-order valence-electron chi connectivity index (χ3n) is 3.59. The summed E-state index contributed by atoms with van der Waals surface area (Å²) in [7, 11) is 0. The van der Waals surface area contributed by atoms with E-state index < -0.39 is 17.2 Å². The molecule has 0 atom stereocenters. The van der Waals surface area contributed by atoms with Crippen molar-refractivity contribution >= 4 is 12.0 Å². The molecule has 132 valence electrons. The number of para-hydroxylation sites is 1. The van der Waals surface area contributed by atoms with Crippen LogP contribution in [0.5, 0.6) is 5.75 Å². The topological polar surface area (TPSA) is 67.9 Å². The van der Waals surface area contributed by atoms with Gasteiger partial charge in [0.15, 0.2) is 0 Å². The van der Waals surface area contributed by atoms with Gasteiger partial charge < -0.3 is 19.7 Å². The van der Waals surface area contributed by atoms with E-state index in [-0.39, 0.29) is 5.91 Å². The normalized spacial score (nSPS) is 15.0. The van der Waals surface area contributed by atoms with Crippen LogP contribution in [0.1, 0.15) is 40.2 Å². The number of rotatable bonds is 2. The van der Waals surface area contributed by atoms with Crippen molar-refractivity contribution in [2.45, 2.75) is 52.3 Å². The second-order valence-electron chi connectivity index (χ2n) is 7.43. The van der Waals surface area contributed by atoms with Crippen molar-refractivity contribution in [2.24, 2.45) is 0 Å². The van der Waals surface area contributed by atoms with Crippen LogP contribution in [0.15, 0.2) is 24.3 Å². The van der Waals surface area contributed by atoms with E-state index in [0.717, 1.165) is 11.3 Å². The lowest BCUT2D eigenvalue weighted by Gasteiger charge is -2.32. The van der Waals surface area contributed by atoms with Gasteiger partial charge in [-0.25, -0.2) is 4.79 Å². The molecule has 1 N–H and O–H groups in total. The van der Waals surface area contributed by atoms with Crippen molar-refractivity contribution in [1.82, 2.24) is 10.2 Å². The van der Waals surface area contributed by atoms with Crippen LogP contribution in [-0.4, -0.2) is 41.2 Å². The van der Waals surface area contributed by atoms with E-state index in [1.165, 1.54) is 0 Å². The summed E-state index contributed by atoms with van der Waals surface area (Å²) in [6.07, 6.45) is -0.604. The molecule has 0 aromatic heterocycles. The van der Waals surface area contributed by atoms with Gasteiger partial charge in [0.05, 0.1) is 6.54 Å². The number of carbonyl (C=O) groups is 2. The Bertz CT molecular complexity index is 620. The summed E-state index contributed by atoms with van der Waals surface area (Å²) in [4.78, 5) is 26.6. The quantitative estimate of drug-likeness (QED) is 0.903. The van der Waals surface area contributed by atoms with Crippen LogP contribution < -0.4 is 10.1 Å². The third kappa shape index (κ3) is 4.63. The first kappa shape index (κ1) is 18.1. The summed E-state index contributed by atoms with van der Waals surface area (Å²) in [6.45, 7) is 10.0. The minimum Gasteiger partial charge on any atom is -0.491 e. The van der Waals surface area contributed by atoms with Crippen molar-refractivity contribution in [3.05, 3.63) is 29.8 Å². The predicted molar refractivity (Wildman–Crippen MR) is 90.8 cm³/mol. The number of nitrogens with one attached hydrogen (secondary N) is 1. The molecule has 0 radical (unpaired) electrons. The van der Waals surface area contributed by atoms with E-state index in [9.17, 15) is 9.59 Å². The fourth-order valence-corrected chi connectivity index (χ4v) is 2.51. The zero-order valence-electron chi connectivity index (χ0n) is 15.0. The zero-order chi connectivity index (χ0) is 18.0. The van der Waals surface area contributed by atoms with Crippen LogP contribution >= 0.6 is 0 Å². The number of benzene rings is 1. The molecule has 1 aliphatic rings. The maximum Gasteiger partial charge on any atom is 0.408 e. The molecule has 6 heteroatoms. The minimum atomic E-state index is -1.07. The van der Waals surface area contributed by atoms with E-state index >= 15 is 0 Å². The summed E-state index contributed by atoms with van der Waals surface area (Å²) in [5, 5.41) is 2.66. The molecular formula is C18H26N2O4. The molecule has 1 heterocycles. The molecule has 0 bridgehead atoms. The number of carbonyl (C=O) groups excluding carboxylic acids is 2. The van der Waals surface area contributed by atoms with Gasteiger partial charge in [-0.3, -0.25) is 4.79 Å². The first-order valence-corrected chi connectivity index (χ1v) is 8.10. The number of hydrogen-bond acceptors (Lipinski definition) is 4. The maximum absolute atomic E-state index is 12.9. The van der Waals surface area contributed by atoms with Crippen LogP contribution in [0.2, 0.25) is 0 Å². The number of ether oxygens (including phenoxy) is 2. The molecule has 6 nitrogen and oxygen atoms in total. The summed E-state index contributed by atoms with van der Waals surface area (Å²) in [6, 6.07) is 7.66. The summed E-state index contributed by atoms with van der Waals surface area (Å²) >= 11 is 0. The van der Waals surface area contributed by atoms with Crippen molar-refractivity contribution in [1.29, 1.82) is 0 Å². The molecule has 0 unspecified atom stereocenters. The largest absolute Gasteiger partial charge is 0.491 e. The van der Waals surface area contributed by atoms with E-state index in [1.54, 1.807) is 39.5 Å². The number of nitrogens with zero attached hydrogens (tertiary/aromatic N) is 1. The SMILES string of the molecule is CC(C)(C)OC(=O)NC(C)(C)C(=O)N1CCOc2ccccc2C1. The number of fused-ring (bicyclic) bond motifs is 1. The second kappa shape index (κ2) is 6.71. The van der Waals surface area contributed by atoms with Gasteiger partial charge in [-0.15, -0.1) is 0 Å². The lowest BCUT2D eigenvalue weighted by Crippen LogP contribution is -2.56. The van der Waals surface area contributed by atoms with E-state index in [0.29, 0.717) is 19.7 Å². The van der Waals surface area contributed by atoms with Crippen LogP contribution in [-0.2, 0) is 16.1 Å². The van der Waals surface area contributed by atoms with Crippen LogP contribution in [0.3, 0.4) is 0 Å². The molecule has 2 rings (SSSR count). The Hall–Kier alpha value is -2.24. The van der Waals surface area contributed by atoms with Crippen LogP contribution in [0.4, 0.5) is 4.79 Å². The molecular weight excluding hydrogens is 308 g/mol. The van der Waals surface area contributed by atoms with Gasteiger partial charge in [0, 0.05) is 12.1 Å².